The van der Waals surface area contributed by atoms with Crippen molar-refractivity contribution >= 4 is 34.3 Å². The zero-order chi connectivity index (χ0) is 20.9. The zero-order valence-corrected chi connectivity index (χ0v) is 17.0. The fourth-order valence-corrected chi connectivity index (χ4v) is 3.16. The largest absolute Gasteiger partial charge is 0.493 e. The van der Waals surface area contributed by atoms with Crippen LogP contribution in [0.1, 0.15) is 17.0 Å². The zero-order valence-electron chi connectivity index (χ0n) is 16.2. The number of hydrogen-bond acceptors (Lipinski definition) is 4. The van der Waals surface area contributed by atoms with Crippen LogP contribution in [0.5, 0.6) is 11.5 Å². The summed E-state index contributed by atoms with van der Waals surface area (Å²) < 4.78 is 11.4. The molecule has 4 aromatic rings. The Balaban J connectivity index is 1.57. The van der Waals surface area contributed by atoms with Crippen LogP contribution in [-0.4, -0.2) is 17.1 Å². The van der Waals surface area contributed by atoms with E-state index in [0.717, 1.165) is 22.2 Å². The lowest BCUT2D eigenvalue weighted by Crippen LogP contribution is -1.98. The summed E-state index contributed by atoms with van der Waals surface area (Å²) in [5, 5.41) is 10.3. The summed E-state index contributed by atoms with van der Waals surface area (Å²) in [4.78, 5) is 7.68. The van der Waals surface area contributed by atoms with Crippen molar-refractivity contribution in [2.75, 3.05) is 7.11 Å². The topological polar surface area (TPSA) is 70.9 Å². The van der Waals surface area contributed by atoms with Crippen LogP contribution in [0, 0.1) is 11.3 Å². The molecule has 1 heterocycles. The van der Waals surface area contributed by atoms with E-state index in [1.165, 1.54) is 0 Å². The van der Waals surface area contributed by atoms with Crippen LogP contribution in [0.2, 0.25) is 5.02 Å². The molecule has 0 bridgehead atoms. The molecule has 30 heavy (non-hydrogen) atoms. The second-order valence-corrected chi connectivity index (χ2v) is 7.03. The van der Waals surface area contributed by atoms with Crippen molar-refractivity contribution in [2.24, 2.45) is 0 Å². The normalized spacial score (nSPS) is 11.3. The molecule has 0 saturated carbocycles. The molecule has 1 N–H and O–H groups in total. The van der Waals surface area contributed by atoms with Gasteiger partial charge in [-0.1, -0.05) is 41.9 Å². The van der Waals surface area contributed by atoms with Crippen molar-refractivity contribution in [3.8, 4) is 17.6 Å². The average Bonchev–Trinajstić information content (AvgIpc) is 3.21. The summed E-state index contributed by atoms with van der Waals surface area (Å²) in [5.41, 5.74) is 3.95. The van der Waals surface area contributed by atoms with Crippen LogP contribution >= 0.6 is 11.6 Å². The summed E-state index contributed by atoms with van der Waals surface area (Å²) in [5.74, 6) is 1.73. The van der Waals surface area contributed by atoms with E-state index in [0.29, 0.717) is 34.5 Å². The third-order valence-corrected chi connectivity index (χ3v) is 4.82. The number of halogens is 1. The summed E-state index contributed by atoms with van der Waals surface area (Å²) in [6, 6.07) is 22.9. The van der Waals surface area contributed by atoms with Crippen molar-refractivity contribution in [3.63, 3.8) is 0 Å². The Morgan fingerprint density at radius 1 is 1.10 bits per heavy atom. The van der Waals surface area contributed by atoms with Crippen molar-refractivity contribution in [3.05, 3.63) is 88.7 Å². The first-order valence-electron chi connectivity index (χ1n) is 9.28. The third-order valence-electron chi connectivity index (χ3n) is 4.57. The number of aromatic nitrogens is 2. The Hall–Kier alpha value is -3.75. The minimum absolute atomic E-state index is 0.394. The highest BCUT2D eigenvalue weighted by Gasteiger charge is 2.10. The van der Waals surface area contributed by atoms with E-state index >= 15 is 0 Å². The van der Waals surface area contributed by atoms with Crippen molar-refractivity contribution in [1.82, 2.24) is 9.97 Å². The number of methoxy groups -OCH3 is 1. The molecule has 6 heteroatoms. The number of fused-ring (bicyclic) bond motifs is 1. The number of nitriles is 1. The number of H-pyrrole nitrogens is 1. The van der Waals surface area contributed by atoms with E-state index in [1.807, 2.05) is 66.7 Å². The van der Waals surface area contributed by atoms with Gasteiger partial charge in [-0.15, -0.1) is 0 Å². The SMILES string of the molecule is COc1cc(/C=C(/C#N)c2nc3ccccc3[nH]2)ccc1OCc1ccc(Cl)cc1. The molecule has 4 rings (SSSR count). The molecule has 0 aliphatic carbocycles. The number of rotatable bonds is 6. The number of benzene rings is 3. The lowest BCUT2D eigenvalue weighted by atomic mass is 10.1. The number of ether oxygens (including phenoxy) is 2. The molecule has 0 spiro atoms. The summed E-state index contributed by atoms with van der Waals surface area (Å²) in [6.07, 6.45) is 1.77. The van der Waals surface area contributed by atoms with Crippen molar-refractivity contribution < 1.29 is 9.47 Å². The monoisotopic (exact) mass is 415 g/mol. The van der Waals surface area contributed by atoms with Gasteiger partial charge >= 0.3 is 0 Å². The Labute approximate surface area is 179 Å². The summed E-state index contributed by atoms with van der Waals surface area (Å²) >= 11 is 5.92. The lowest BCUT2D eigenvalue weighted by molar-refractivity contribution is 0.284. The van der Waals surface area contributed by atoms with Gasteiger partial charge in [0.05, 0.1) is 23.7 Å². The van der Waals surface area contributed by atoms with Gasteiger partial charge in [-0.3, -0.25) is 0 Å². The van der Waals surface area contributed by atoms with E-state index in [9.17, 15) is 5.26 Å². The number of para-hydroxylation sites is 2. The van der Waals surface area contributed by atoms with Gasteiger partial charge in [-0.25, -0.2) is 4.98 Å². The summed E-state index contributed by atoms with van der Waals surface area (Å²) in [6.45, 7) is 0.394. The maximum absolute atomic E-state index is 9.63. The second-order valence-electron chi connectivity index (χ2n) is 6.60. The average molecular weight is 416 g/mol. The van der Waals surface area contributed by atoms with E-state index in [1.54, 1.807) is 13.2 Å². The highest BCUT2D eigenvalue weighted by molar-refractivity contribution is 6.30. The number of aromatic amines is 1. The van der Waals surface area contributed by atoms with Gasteiger partial charge in [0.25, 0.3) is 0 Å². The molecule has 0 fully saturated rings. The quantitative estimate of drug-likeness (QED) is 0.400. The number of imidazole rings is 1. The highest BCUT2D eigenvalue weighted by Crippen LogP contribution is 2.30. The van der Waals surface area contributed by atoms with Crippen LogP contribution in [-0.2, 0) is 6.61 Å². The molecule has 0 aliphatic heterocycles. The fraction of sp³-hybridized carbons (Fsp3) is 0.0833. The Morgan fingerprint density at radius 2 is 1.90 bits per heavy atom. The van der Waals surface area contributed by atoms with Crippen LogP contribution in [0.25, 0.3) is 22.7 Å². The first kappa shape index (κ1) is 19.6. The first-order chi connectivity index (χ1) is 14.7. The van der Waals surface area contributed by atoms with Gasteiger partial charge in [0, 0.05) is 5.02 Å². The predicted molar refractivity (Wildman–Crippen MR) is 118 cm³/mol. The maximum atomic E-state index is 9.63. The molecule has 0 amide bonds. The second kappa shape index (κ2) is 8.73. The molecular weight excluding hydrogens is 398 g/mol. The standard InChI is InChI=1S/C24H18ClN3O2/c1-29-23-13-17(8-11-22(23)30-15-16-6-9-19(25)10-7-16)12-18(14-26)24-27-20-4-2-3-5-21(20)28-24/h2-13H,15H2,1H3,(H,27,28)/b18-12-. The van der Waals surface area contributed by atoms with Gasteiger partial charge in [0.15, 0.2) is 11.5 Å². The molecule has 1 aromatic heterocycles. The molecular formula is C24H18ClN3O2. The molecule has 0 radical (unpaired) electrons. The molecule has 0 aliphatic rings. The third kappa shape index (κ3) is 4.29. The van der Waals surface area contributed by atoms with Gasteiger partial charge in [0.2, 0.25) is 0 Å². The Morgan fingerprint density at radius 3 is 2.63 bits per heavy atom. The highest BCUT2D eigenvalue weighted by atomic mass is 35.5. The van der Waals surface area contributed by atoms with Gasteiger partial charge in [-0.2, -0.15) is 5.26 Å². The van der Waals surface area contributed by atoms with Gasteiger partial charge in [-0.05, 0) is 53.6 Å². The van der Waals surface area contributed by atoms with Crippen molar-refractivity contribution in [1.29, 1.82) is 5.26 Å². The predicted octanol–water partition coefficient (Wildman–Crippen LogP) is 5.87. The van der Waals surface area contributed by atoms with E-state index in [-0.39, 0.29) is 0 Å². The van der Waals surface area contributed by atoms with E-state index in [2.05, 4.69) is 16.0 Å². The minimum Gasteiger partial charge on any atom is -0.493 e. The Bertz CT molecular complexity index is 1220. The molecule has 148 valence electrons. The number of nitrogens with one attached hydrogen (secondary N) is 1. The van der Waals surface area contributed by atoms with Crippen molar-refractivity contribution in [2.45, 2.75) is 6.61 Å². The van der Waals surface area contributed by atoms with Crippen LogP contribution < -0.4 is 9.47 Å². The first-order valence-corrected chi connectivity index (χ1v) is 9.66. The molecule has 0 atom stereocenters. The van der Waals surface area contributed by atoms with Crippen LogP contribution in [0.4, 0.5) is 0 Å². The van der Waals surface area contributed by atoms with E-state index in [4.69, 9.17) is 21.1 Å². The van der Waals surface area contributed by atoms with Gasteiger partial charge < -0.3 is 14.5 Å². The number of hydrogen-bond donors (Lipinski definition) is 1. The van der Waals surface area contributed by atoms with Crippen LogP contribution in [0.15, 0.2) is 66.7 Å². The number of nitrogens with zero attached hydrogens (tertiary/aromatic N) is 2. The lowest BCUT2D eigenvalue weighted by Gasteiger charge is -2.11. The molecule has 0 unspecified atom stereocenters. The smallest absolute Gasteiger partial charge is 0.161 e. The van der Waals surface area contributed by atoms with Gasteiger partial charge in [0.1, 0.15) is 18.5 Å². The maximum Gasteiger partial charge on any atom is 0.161 e. The molecule has 5 nitrogen and oxygen atoms in total. The van der Waals surface area contributed by atoms with Crippen LogP contribution in [0.3, 0.4) is 0 Å². The van der Waals surface area contributed by atoms with E-state index < -0.39 is 0 Å². The minimum atomic E-state index is 0.394. The summed E-state index contributed by atoms with van der Waals surface area (Å²) in [7, 11) is 1.59. The molecule has 3 aromatic carbocycles. The fourth-order valence-electron chi connectivity index (χ4n) is 3.04. The Kier molecular flexibility index (Phi) is 5.69. The molecule has 0 saturated heterocycles. The number of allylic oxidation sites excluding steroid dienone is 1.